The summed E-state index contributed by atoms with van der Waals surface area (Å²) in [6.45, 7) is 3.42. The Balaban J connectivity index is 4.46. The van der Waals surface area contributed by atoms with Crippen LogP contribution in [-0.2, 0) is 9.59 Å². The second-order valence-corrected chi connectivity index (χ2v) is 4.44. The number of hydrogen-bond donors (Lipinski definition) is 1. The van der Waals surface area contributed by atoms with Gasteiger partial charge in [0.2, 0.25) is 5.91 Å². The standard InChI is InChI=1S/C10H19NO3S/c1-5-8(6-15-4)11(3)9(12)7(2)10(13)14/h7-8H,5-6H2,1-4H3,(H,13,14). The van der Waals surface area contributed by atoms with Crippen LogP contribution in [0.15, 0.2) is 0 Å². The van der Waals surface area contributed by atoms with E-state index in [-0.39, 0.29) is 11.9 Å². The minimum absolute atomic E-state index is 0.120. The molecule has 2 unspecified atom stereocenters. The third-order valence-electron chi connectivity index (χ3n) is 2.47. The van der Waals surface area contributed by atoms with E-state index < -0.39 is 11.9 Å². The highest BCUT2D eigenvalue weighted by molar-refractivity contribution is 7.98. The van der Waals surface area contributed by atoms with Gasteiger partial charge in [0, 0.05) is 18.8 Å². The molecule has 0 aromatic heterocycles. The van der Waals surface area contributed by atoms with Crippen LogP contribution in [0.5, 0.6) is 0 Å². The molecule has 5 heteroatoms. The number of rotatable bonds is 6. The molecule has 0 spiro atoms. The normalized spacial score (nSPS) is 14.4. The van der Waals surface area contributed by atoms with Crippen LogP contribution in [0, 0.1) is 5.92 Å². The summed E-state index contributed by atoms with van der Waals surface area (Å²) < 4.78 is 0. The number of carbonyl (C=O) groups excluding carboxylic acids is 1. The topological polar surface area (TPSA) is 57.6 Å². The maximum Gasteiger partial charge on any atom is 0.315 e. The minimum Gasteiger partial charge on any atom is -0.481 e. The van der Waals surface area contributed by atoms with E-state index in [1.54, 1.807) is 23.7 Å². The number of nitrogens with zero attached hydrogens (tertiary/aromatic N) is 1. The summed E-state index contributed by atoms with van der Waals surface area (Å²) in [6.07, 6.45) is 2.82. The summed E-state index contributed by atoms with van der Waals surface area (Å²) in [7, 11) is 1.67. The molecule has 0 saturated carbocycles. The van der Waals surface area contributed by atoms with Crippen LogP contribution in [0.4, 0.5) is 0 Å². The first-order valence-corrected chi connectivity index (χ1v) is 6.33. The van der Waals surface area contributed by atoms with Crippen molar-refractivity contribution in [1.82, 2.24) is 4.90 Å². The summed E-state index contributed by atoms with van der Waals surface area (Å²) in [4.78, 5) is 23.9. The molecule has 1 amide bonds. The number of amides is 1. The van der Waals surface area contributed by atoms with Crippen molar-refractivity contribution < 1.29 is 14.7 Å². The summed E-state index contributed by atoms with van der Waals surface area (Å²) in [6, 6.07) is 0.120. The van der Waals surface area contributed by atoms with Gasteiger partial charge in [-0.25, -0.2) is 0 Å². The monoisotopic (exact) mass is 233 g/mol. The molecular formula is C10H19NO3S. The van der Waals surface area contributed by atoms with Crippen LogP contribution in [-0.4, -0.2) is 47.0 Å². The van der Waals surface area contributed by atoms with Crippen molar-refractivity contribution in [2.24, 2.45) is 5.92 Å². The highest BCUT2D eigenvalue weighted by Crippen LogP contribution is 2.11. The minimum atomic E-state index is -1.06. The zero-order valence-corrected chi connectivity index (χ0v) is 10.5. The van der Waals surface area contributed by atoms with Gasteiger partial charge in [0.1, 0.15) is 5.92 Å². The van der Waals surface area contributed by atoms with E-state index in [9.17, 15) is 9.59 Å². The van der Waals surface area contributed by atoms with Gasteiger partial charge in [-0.1, -0.05) is 6.92 Å². The average Bonchev–Trinajstić information content (AvgIpc) is 2.22. The Morgan fingerprint density at radius 1 is 1.47 bits per heavy atom. The summed E-state index contributed by atoms with van der Waals surface area (Å²) in [5.74, 6) is -1.49. The van der Waals surface area contributed by atoms with Crippen LogP contribution in [0.1, 0.15) is 20.3 Å². The van der Waals surface area contributed by atoms with E-state index in [2.05, 4.69) is 0 Å². The molecule has 15 heavy (non-hydrogen) atoms. The predicted molar refractivity (Wildman–Crippen MR) is 62.0 cm³/mol. The van der Waals surface area contributed by atoms with E-state index in [4.69, 9.17) is 5.11 Å². The van der Waals surface area contributed by atoms with Gasteiger partial charge in [-0.3, -0.25) is 9.59 Å². The molecule has 88 valence electrons. The maximum atomic E-state index is 11.7. The molecule has 2 atom stereocenters. The zero-order valence-electron chi connectivity index (χ0n) is 9.69. The zero-order chi connectivity index (χ0) is 12.0. The van der Waals surface area contributed by atoms with E-state index in [0.29, 0.717) is 0 Å². The largest absolute Gasteiger partial charge is 0.481 e. The van der Waals surface area contributed by atoms with Crippen molar-refractivity contribution >= 4 is 23.6 Å². The van der Waals surface area contributed by atoms with Gasteiger partial charge in [0.05, 0.1) is 0 Å². The molecular weight excluding hydrogens is 214 g/mol. The van der Waals surface area contributed by atoms with E-state index in [0.717, 1.165) is 12.2 Å². The first-order valence-electron chi connectivity index (χ1n) is 4.94. The van der Waals surface area contributed by atoms with Gasteiger partial charge >= 0.3 is 5.97 Å². The second-order valence-electron chi connectivity index (χ2n) is 3.53. The Bertz CT molecular complexity index is 233. The van der Waals surface area contributed by atoms with Gasteiger partial charge in [-0.15, -0.1) is 0 Å². The Labute approximate surface area is 95.0 Å². The third-order valence-corrected chi connectivity index (χ3v) is 3.18. The van der Waals surface area contributed by atoms with Crippen molar-refractivity contribution in [3.05, 3.63) is 0 Å². The van der Waals surface area contributed by atoms with Crippen molar-refractivity contribution in [3.8, 4) is 0 Å². The molecule has 0 bridgehead atoms. The summed E-state index contributed by atoms with van der Waals surface area (Å²) in [5.41, 5.74) is 0. The number of carboxylic acid groups (broad SMARTS) is 1. The van der Waals surface area contributed by atoms with Gasteiger partial charge < -0.3 is 10.0 Å². The molecule has 0 fully saturated rings. The molecule has 0 saturated heterocycles. The molecule has 0 aliphatic heterocycles. The van der Waals surface area contributed by atoms with E-state index >= 15 is 0 Å². The molecule has 1 N–H and O–H groups in total. The number of carboxylic acids is 1. The lowest BCUT2D eigenvalue weighted by Crippen LogP contribution is -2.43. The SMILES string of the molecule is CCC(CSC)N(C)C(=O)C(C)C(=O)O. The smallest absolute Gasteiger partial charge is 0.315 e. The molecule has 0 rings (SSSR count). The van der Waals surface area contributed by atoms with E-state index in [1.807, 2.05) is 13.2 Å². The number of carbonyl (C=O) groups is 2. The maximum absolute atomic E-state index is 11.7. The lowest BCUT2D eigenvalue weighted by molar-refractivity contribution is -0.150. The van der Waals surface area contributed by atoms with Crippen LogP contribution in [0.25, 0.3) is 0 Å². The number of hydrogen-bond acceptors (Lipinski definition) is 3. The van der Waals surface area contributed by atoms with Gasteiger partial charge in [-0.2, -0.15) is 11.8 Å². The van der Waals surface area contributed by atoms with Crippen LogP contribution >= 0.6 is 11.8 Å². The van der Waals surface area contributed by atoms with Crippen LogP contribution in [0.2, 0.25) is 0 Å². The predicted octanol–water partition coefficient (Wildman–Crippen LogP) is 1.31. The molecule has 0 aromatic carbocycles. The van der Waals surface area contributed by atoms with E-state index in [1.165, 1.54) is 6.92 Å². The fraction of sp³-hybridized carbons (Fsp3) is 0.800. The van der Waals surface area contributed by atoms with Gasteiger partial charge in [0.15, 0.2) is 0 Å². The Hall–Kier alpha value is -0.710. The lowest BCUT2D eigenvalue weighted by atomic mass is 10.1. The summed E-state index contributed by atoms with van der Waals surface area (Å²) >= 11 is 1.66. The first kappa shape index (κ1) is 14.3. The molecule has 0 radical (unpaired) electrons. The average molecular weight is 233 g/mol. The highest BCUT2D eigenvalue weighted by atomic mass is 32.2. The highest BCUT2D eigenvalue weighted by Gasteiger charge is 2.27. The molecule has 0 aliphatic rings. The summed E-state index contributed by atoms with van der Waals surface area (Å²) in [5, 5.41) is 8.73. The Kier molecular flexibility index (Phi) is 6.40. The molecule has 0 aliphatic carbocycles. The second kappa shape index (κ2) is 6.71. The lowest BCUT2D eigenvalue weighted by Gasteiger charge is -2.28. The van der Waals surface area contributed by atoms with Crippen LogP contribution in [0.3, 0.4) is 0 Å². The third kappa shape index (κ3) is 4.11. The quantitative estimate of drug-likeness (QED) is 0.703. The van der Waals surface area contributed by atoms with Crippen LogP contribution < -0.4 is 0 Å². The van der Waals surface area contributed by atoms with Crippen molar-refractivity contribution in [2.75, 3.05) is 19.1 Å². The molecule has 0 heterocycles. The Morgan fingerprint density at radius 3 is 2.33 bits per heavy atom. The van der Waals surface area contributed by atoms with Gasteiger partial charge in [0.25, 0.3) is 0 Å². The Morgan fingerprint density at radius 2 is 2.00 bits per heavy atom. The molecule has 4 nitrogen and oxygen atoms in total. The first-order chi connectivity index (χ1) is 6.95. The molecule has 0 aromatic rings. The van der Waals surface area contributed by atoms with Crippen molar-refractivity contribution in [2.45, 2.75) is 26.3 Å². The fourth-order valence-electron chi connectivity index (χ4n) is 1.29. The van der Waals surface area contributed by atoms with Crippen molar-refractivity contribution in [3.63, 3.8) is 0 Å². The fourth-order valence-corrected chi connectivity index (χ4v) is 2.13. The number of thioether (sulfide) groups is 1. The number of aliphatic carboxylic acids is 1. The van der Waals surface area contributed by atoms with Crippen molar-refractivity contribution in [1.29, 1.82) is 0 Å². The van der Waals surface area contributed by atoms with Gasteiger partial charge in [-0.05, 0) is 19.6 Å².